The van der Waals surface area contributed by atoms with Gasteiger partial charge in [0.2, 0.25) is 0 Å². The lowest BCUT2D eigenvalue weighted by Crippen LogP contribution is -2.54. The molecule has 0 unspecified atom stereocenters. The smallest absolute Gasteiger partial charge is 0.0719 e. The molecule has 1 aliphatic heterocycles. The van der Waals surface area contributed by atoms with Gasteiger partial charge >= 0.3 is 0 Å². The molecule has 2 aliphatic rings. The first-order chi connectivity index (χ1) is 10.1. The van der Waals surface area contributed by atoms with Crippen LogP contribution in [0.15, 0.2) is 24.3 Å². The number of ether oxygens (including phenoxy) is 1. The second-order valence-electron chi connectivity index (χ2n) is 6.82. The molecule has 2 atom stereocenters. The SMILES string of the molecule is COCC[C@]1(O)CCN(C2Cc3ccccc3C2)C[C@H]1C. The molecule has 0 radical (unpaired) electrons. The molecule has 0 bridgehead atoms. The van der Waals surface area contributed by atoms with Crippen molar-refractivity contribution < 1.29 is 9.84 Å². The van der Waals surface area contributed by atoms with E-state index in [-0.39, 0.29) is 0 Å². The zero-order valence-corrected chi connectivity index (χ0v) is 13.2. The molecule has 1 N–H and O–H groups in total. The molecule has 0 aromatic heterocycles. The van der Waals surface area contributed by atoms with Gasteiger partial charge in [0.1, 0.15) is 0 Å². The number of likely N-dealkylation sites (tertiary alicyclic amines) is 1. The number of fused-ring (bicyclic) bond motifs is 1. The van der Waals surface area contributed by atoms with Gasteiger partial charge in [0.25, 0.3) is 0 Å². The van der Waals surface area contributed by atoms with Crippen LogP contribution in [0.1, 0.15) is 30.9 Å². The van der Waals surface area contributed by atoms with Gasteiger partial charge in [0.05, 0.1) is 5.60 Å². The molecule has 21 heavy (non-hydrogen) atoms. The summed E-state index contributed by atoms with van der Waals surface area (Å²) in [4.78, 5) is 2.59. The molecule has 1 aromatic rings. The van der Waals surface area contributed by atoms with E-state index in [4.69, 9.17) is 4.74 Å². The molecule has 0 spiro atoms. The van der Waals surface area contributed by atoms with Crippen LogP contribution in [-0.2, 0) is 17.6 Å². The highest BCUT2D eigenvalue weighted by Gasteiger charge is 2.40. The highest BCUT2D eigenvalue weighted by molar-refractivity contribution is 5.33. The van der Waals surface area contributed by atoms with E-state index in [1.807, 2.05) is 0 Å². The molecular formula is C18H27NO2. The van der Waals surface area contributed by atoms with Crippen molar-refractivity contribution in [3.8, 4) is 0 Å². The lowest BCUT2D eigenvalue weighted by atomic mass is 9.79. The lowest BCUT2D eigenvalue weighted by molar-refractivity contribution is -0.0877. The highest BCUT2D eigenvalue weighted by atomic mass is 16.5. The van der Waals surface area contributed by atoms with E-state index in [1.165, 1.54) is 24.0 Å². The second-order valence-corrected chi connectivity index (χ2v) is 6.82. The fourth-order valence-electron chi connectivity index (χ4n) is 3.97. The summed E-state index contributed by atoms with van der Waals surface area (Å²) < 4.78 is 5.15. The molecular weight excluding hydrogens is 262 g/mol. The maximum Gasteiger partial charge on any atom is 0.0719 e. The number of piperidine rings is 1. The molecule has 3 heteroatoms. The Hall–Kier alpha value is -0.900. The molecule has 3 rings (SSSR count). The Kier molecular flexibility index (Phi) is 4.34. The zero-order chi connectivity index (χ0) is 14.9. The summed E-state index contributed by atoms with van der Waals surface area (Å²) in [6.07, 6.45) is 3.95. The fraction of sp³-hybridized carbons (Fsp3) is 0.667. The maximum atomic E-state index is 10.8. The average Bonchev–Trinajstić information content (AvgIpc) is 2.92. The van der Waals surface area contributed by atoms with Gasteiger partial charge in [-0.3, -0.25) is 4.90 Å². The zero-order valence-electron chi connectivity index (χ0n) is 13.2. The van der Waals surface area contributed by atoms with Gasteiger partial charge < -0.3 is 9.84 Å². The second kappa shape index (κ2) is 6.07. The molecule has 1 saturated heterocycles. The van der Waals surface area contributed by atoms with Crippen molar-refractivity contribution in [2.24, 2.45) is 5.92 Å². The quantitative estimate of drug-likeness (QED) is 0.923. The lowest BCUT2D eigenvalue weighted by Gasteiger charge is -2.45. The van der Waals surface area contributed by atoms with Gasteiger partial charge in [-0.1, -0.05) is 31.2 Å². The number of hydrogen-bond donors (Lipinski definition) is 1. The van der Waals surface area contributed by atoms with Crippen molar-refractivity contribution in [2.45, 2.75) is 44.2 Å². The van der Waals surface area contributed by atoms with Crippen LogP contribution in [0.5, 0.6) is 0 Å². The van der Waals surface area contributed by atoms with Crippen molar-refractivity contribution in [1.82, 2.24) is 4.90 Å². The van der Waals surface area contributed by atoms with Crippen LogP contribution >= 0.6 is 0 Å². The van der Waals surface area contributed by atoms with Crippen LogP contribution in [0.25, 0.3) is 0 Å². The van der Waals surface area contributed by atoms with E-state index >= 15 is 0 Å². The van der Waals surface area contributed by atoms with Gasteiger partial charge in [0, 0.05) is 32.8 Å². The Morgan fingerprint density at radius 2 is 1.95 bits per heavy atom. The molecule has 1 aliphatic carbocycles. The van der Waals surface area contributed by atoms with E-state index in [0.29, 0.717) is 18.6 Å². The molecule has 116 valence electrons. The predicted octanol–water partition coefficient (Wildman–Crippen LogP) is 2.26. The molecule has 1 heterocycles. The average molecular weight is 289 g/mol. The monoisotopic (exact) mass is 289 g/mol. The summed E-state index contributed by atoms with van der Waals surface area (Å²) in [5.74, 6) is 0.310. The van der Waals surface area contributed by atoms with Gasteiger partial charge in [-0.15, -0.1) is 0 Å². The van der Waals surface area contributed by atoms with Crippen molar-refractivity contribution in [2.75, 3.05) is 26.8 Å². The number of rotatable bonds is 4. The van der Waals surface area contributed by atoms with E-state index in [1.54, 1.807) is 7.11 Å². The van der Waals surface area contributed by atoms with Crippen molar-refractivity contribution in [1.29, 1.82) is 0 Å². The van der Waals surface area contributed by atoms with Crippen molar-refractivity contribution in [3.05, 3.63) is 35.4 Å². The number of hydrogen-bond acceptors (Lipinski definition) is 3. The summed E-state index contributed by atoms with van der Waals surface area (Å²) >= 11 is 0. The van der Waals surface area contributed by atoms with Gasteiger partial charge in [0.15, 0.2) is 0 Å². The molecule has 0 amide bonds. The van der Waals surface area contributed by atoms with Crippen LogP contribution in [0.2, 0.25) is 0 Å². The number of nitrogens with zero attached hydrogens (tertiary/aromatic N) is 1. The minimum Gasteiger partial charge on any atom is -0.389 e. The summed E-state index contributed by atoms with van der Waals surface area (Å²) in [7, 11) is 1.71. The molecule has 3 nitrogen and oxygen atoms in total. The van der Waals surface area contributed by atoms with Crippen LogP contribution in [0.3, 0.4) is 0 Å². The fourth-order valence-corrected chi connectivity index (χ4v) is 3.97. The van der Waals surface area contributed by atoms with Crippen LogP contribution < -0.4 is 0 Å². The van der Waals surface area contributed by atoms with Crippen molar-refractivity contribution >= 4 is 0 Å². The van der Waals surface area contributed by atoms with Crippen molar-refractivity contribution in [3.63, 3.8) is 0 Å². The minimum atomic E-state index is -0.544. The number of benzene rings is 1. The van der Waals surface area contributed by atoms with Crippen LogP contribution in [-0.4, -0.2) is 48.5 Å². The van der Waals surface area contributed by atoms with E-state index < -0.39 is 5.60 Å². The maximum absolute atomic E-state index is 10.8. The topological polar surface area (TPSA) is 32.7 Å². The first kappa shape index (κ1) is 15.0. The van der Waals surface area contributed by atoms with Gasteiger partial charge in [-0.25, -0.2) is 0 Å². The first-order valence-electron chi connectivity index (χ1n) is 8.14. The Bertz CT molecular complexity index is 465. The third kappa shape index (κ3) is 3.01. The number of aliphatic hydroxyl groups is 1. The normalized spacial score (nSPS) is 30.5. The third-order valence-corrected chi connectivity index (χ3v) is 5.54. The molecule has 1 fully saturated rings. The number of methoxy groups -OCH3 is 1. The standard InChI is InChI=1S/C18H27NO2/c1-14-13-19(9-7-18(14,20)8-10-21-2)17-11-15-5-3-4-6-16(15)12-17/h3-6,14,17,20H,7-13H2,1-2H3/t14-,18-/m1/s1. The van der Waals surface area contributed by atoms with E-state index in [0.717, 1.165) is 25.9 Å². The van der Waals surface area contributed by atoms with E-state index in [9.17, 15) is 5.11 Å². The Morgan fingerprint density at radius 3 is 2.52 bits per heavy atom. The predicted molar refractivity (Wildman–Crippen MR) is 84.4 cm³/mol. The summed E-state index contributed by atoms with van der Waals surface area (Å²) in [5, 5.41) is 10.8. The Labute approximate surface area is 127 Å². The summed E-state index contributed by atoms with van der Waals surface area (Å²) in [6.45, 7) is 4.84. The summed E-state index contributed by atoms with van der Waals surface area (Å²) in [5.41, 5.74) is 2.48. The Morgan fingerprint density at radius 1 is 1.29 bits per heavy atom. The van der Waals surface area contributed by atoms with Crippen LogP contribution in [0, 0.1) is 5.92 Å². The minimum absolute atomic E-state index is 0.310. The Balaban J connectivity index is 1.61. The third-order valence-electron chi connectivity index (χ3n) is 5.54. The highest BCUT2D eigenvalue weighted by Crippen LogP contribution is 2.34. The van der Waals surface area contributed by atoms with E-state index in [2.05, 4.69) is 36.1 Å². The van der Waals surface area contributed by atoms with Gasteiger partial charge in [-0.2, -0.15) is 0 Å². The molecule has 0 saturated carbocycles. The van der Waals surface area contributed by atoms with Gasteiger partial charge in [-0.05, 0) is 42.7 Å². The largest absolute Gasteiger partial charge is 0.389 e. The first-order valence-corrected chi connectivity index (χ1v) is 8.14. The summed E-state index contributed by atoms with van der Waals surface area (Å²) in [6, 6.07) is 9.43. The van der Waals surface area contributed by atoms with Crippen LogP contribution in [0.4, 0.5) is 0 Å². The molecule has 1 aromatic carbocycles.